The van der Waals surface area contributed by atoms with E-state index in [1.807, 2.05) is 25.1 Å². The molecule has 2 aromatic rings. The summed E-state index contributed by atoms with van der Waals surface area (Å²) in [5.74, 6) is -0.765. The minimum Gasteiger partial charge on any atom is -0.481 e. The summed E-state index contributed by atoms with van der Waals surface area (Å²) in [6, 6.07) is 5.99. The Morgan fingerprint density at radius 3 is 3.18 bits per heavy atom. The van der Waals surface area contributed by atoms with Crippen LogP contribution < -0.4 is 5.32 Å². The third-order valence-electron chi connectivity index (χ3n) is 2.67. The molecule has 5 heteroatoms. The molecule has 0 spiro atoms. The number of carbonyl (C=O) groups is 1. The second-order valence-corrected chi connectivity index (χ2v) is 4.12. The van der Waals surface area contributed by atoms with Crippen LogP contribution in [-0.2, 0) is 4.79 Å². The molecule has 1 aromatic heterocycles. The van der Waals surface area contributed by atoms with Crippen molar-refractivity contribution < 1.29 is 9.90 Å². The maximum Gasteiger partial charge on any atom is 0.303 e. The highest BCUT2D eigenvalue weighted by atomic mass is 16.4. The molecule has 0 bridgehead atoms. The lowest BCUT2D eigenvalue weighted by Gasteiger charge is -2.14. The van der Waals surface area contributed by atoms with E-state index in [1.54, 1.807) is 6.20 Å². The van der Waals surface area contributed by atoms with Gasteiger partial charge in [-0.15, -0.1) is 0 Å². The lowest BCUT2D eigenvalue weighted by Crippen LogP contribution is -2.16. The number of nitrogens with zero attached hydrogens (tertiary/aromatic N) is 1. The maximum absolute atomic E-state index is 10.5. The molecule has 5 nitrogen and oxygen atoms in total. The van der Waals surface area contributed by atoms with Gasteiger partial charge in [-0.1, -0.05) is 12.1 Å². The molecule has 0 radical (unpaired) electrons. The number of rotatable bonds is 5. The molecule has 1 heterocycles. The fourth-order valence-electron chi connectivity index (χ4n) is 1.77. The van der Waals surface area contributed by atoms with Gasteiger partial charge in [-0.3, -0.25) is 9.89 Å². The van der Waals surface area contributed by atoms with E-state index in [0.717, 1.165) is 16.6 Å². The molecule has 1 atom stereocenters. The lowest BCUT2D eigenvalue weighted by molar-refractivity contribution is -0.137. The Hall–Kier alpha value is -2.04. The first-order chi connectivity index (χ1) is 8.16. The molecule has 0 saturated carbocycles. The molecule has 1 aromatic carbocycles. The monoisotopic (exact) mass is 233 g/mol. The number of aromatic nitrogens is 2. The van der Waals surface area contributed by atoms with Crippen molar-refractivity contribution in [2.45, 2.75) is 25.8 Å². The molecule has 0 aliphatic carbocycles. The summed E-state index contributed by atoms with van der Waals surface area (Å²) < 4.78 is 0. The van der Waals surface area contributed by atoms with Gasteiger partial charge in [0.2, 0.25) is 0 Å². The van der Waals surface area contributed by atoms with Crippen LogP contribution in [-0.4, -0.2) is 27.3 Å². The van der Waals surface area contributed by atoms with Crippen LogP contribution in [0.1, 0.15) is 19.8 Å². The van der Waals surface area contributed by atoms with Gasteiger partial charge in [-0.05, 0) is 19.4 Å². The van der Waals surface area contributed by atoms with Crippen molar-refractivity contribution in [2.75, 3.05) is 5.32 Å². The van der Waals surface area contributed by atoms with Crippen molar-refractivity contribution in [1.82, 2.24) is 10.2 Å². The van der Waals surface area contributed by atoms with E-state index in [9.17, 15) is 4.79 Å². The standard InChI is InChI=1S/C12H15N3O2/c1-8(5-6-11(16)17)14-10-4-2-3-9-7-13-15-12(9)10/h2-4,7-8,14H,5-6H2,1H3,(H,13,15)(H,16,17). The van der Waals surface area contributed by atoms with Gasteiger partial charge in [0.1, 0.15) is 0 Å². The average Bonchev–Trinajstić information content (AvgIpc) is 2.75. The van der Waals surface area contributed by atoms with Crippen molar-refractivity contribution in [3.63, 3.8) is 0 Å². The first-order valence-electron chi connectivity index (χ1n) is 5.57. The summed E-state index contributed by atoms with van der Waals surface area (Å²) in [5.41, 5.74) is 1.91. The van der Waals surface area contributed by atoms with Gasteiger partial charge >= 0.3 is 5.97 Å². The minimum absolute atomic E-state index is 0.111. The summed E-state index contributed by atoms with van der Waals surface area (Å²) in [7, 11) is 0. The first-order valence-corrected chi connectivity index (χ1v) is 5.57. The Balaban J connectivity index is 2.07. The predicted octanol–water partition coefficient (Wildman–Crippen LogP) is 2.23. The minimum atomic E-state index is -0.765. The second kappa shape index (κ2) is 4.86. The van der Waals surface area contributed by atoms with Crippen LogP contribution in [0.5, 0.6) is 0 Å². The molecule has 17 heavy (non-hydrogen) atoms. The molecule has 0 amide bonds. The van der Waals surface area contributed by atoms with E-state index in [-0.39, 0.29) is 12.5 Å². The Labute approximate surface area is 98.8 Å². The van der Waals surface area contributed by atoms with Gasteiger partial charge in [0.25, 0.3) is 0 Å². The van der Waals surface area contributed by atoms with E-state index < -0.39 is 5.97 Å². The van der Waals surface area contributed by atoms with Crippen molar-refractivity contribution in [2.24, 2.45) is 0 Å². The molecule has 90 valence electrons. The largest absolute Gasteiger partial charge is 0.481 e. The van der Waals surface area contributed by atoms with E-state index in [2.05, 4.69) is 15.5 Å². The molecular weight excluding hydrogens is 218 g/mol. The van der Waals surface area contributed by atoms with E-state index >= 15 is 0 Å². The van der Waals surface area contributed by atoms with Gasteiger partial charge in [0.05, 0.1) is 17.4 Å². The van der Waals surface area contributed by atoms with Gasteiger partial charge in [0.15, 0.2) is 0 Å². The number of benzene rings is 1. The van der Waals surface area contributed by atoms with Crippen LogP contribution in [0.25, 0.3) is 10.9 Å². The first kappa shape index (κ1) is 11.4. The Morgan fingerprint density at radius 2 is 2.41 bits per heavy atom. The molecule has 0 fully saturated rings. The van der Waals surface area contributed by atoms with Gasteiger partial charge in [-0.25, -0.2) is 0 Å². The number of anilines is 1. The zero-order valence-electron chi connectivity index (χ0n) is 9.60. The molecular formula is C12H15N3O2. The third kappa shape index (κ3) is 2.75. The third-order valence-corrected chi connectivity index (χ3v) is 2.67. The van der Waals surface area contributed by atoms with Crippen molar-refractivity contribution in [3.8, 4) is 0 Å². The van der Waals surface area contributed by atoms with Crippen LogP contribution in [0.4, 0.5) is 5.69 Å². The molecule has 3 N–H and O–H groups in total. The summed E-state index contributed by atoms with van der Waals surface area (Å²) >= 11 is 0. The van der Waals surface area contributed by atoms with Crippen molar-refractivity contribution >= 4 is 22.6 Å². The fraction of sp³-hybridized carbons (Fsp3) is 0.333. The van der Waals surface area contributed by atoms with Crippen LogP contribution in [0, 0.1) is 0 Å². The van der Waals surface area contributed by atoms with Crippen LogP contribution in [0.3, 0.4) is 0 Å². The number of para-hydroxylation sites is 1. The topological polar surface area (TPSA) is 78.0 Å². The number of carboxylic acids is 1. The van der Waals surface area contributed by atoms with Gasteiger partial charge in [-0.2, -0.15) is 5.10 Å². The predicted molar refractivity (Wildman–Crippen MR) is 66.0 cm³/mol. The number of H-pyrrole nitrogens is 1. The fourth-order valence-corrected chi connectivity index (χ4v) is 1.77. The maximum atomic E-state index is 10.5. The van der Waals surface area contributed by atoms with Crippen molar-refractivity contribution in [3.05, 3.63) is 24.4 Å². The second-order valence-electron chi connectivity index (χ2n) is 4.12. The SMILES string of the molecule is CC(CCC(=O)O)Nc1cccc2cn[nH]c12. The van der Waals surface area contributed by atoms with Crippen LogP contribution in [0.2, 0.25) is 0 Å². The summed E-state index contributed by atoms with van der Waals surface area (Å²) in [6.07, 6.45) is 2.54. The molecule has 0 aliphatic heterocycles. The number of fused-ring (bicyclic) bond motifs is 1. The van der Waals surface area contributed by atoms with Gasteiger partial charge < -0.3 is 10.4 Å². The Kier molecular flexibility index (Phi) is 3.27. The van der Waals surface area contributed by atoms with Crippen LogP contribution in [0.15, 0.2) is 24.4 Å². The van der Waals surface area contributed by atoms with E-state index in [1.165, 1.54) is 0 Å². The molecule has 2 rings (SSSR count). The summed E-state index contributed by atoms with van der Waals surface area (Å²) in [6.45, 7) is 1.97. The zero-order chi connectivity index (χ0) is 12.3. The molecule has 0 aliphatic rings. The normalized spacial score (nSPS) is 12.5. The quantitative estimate of drug-likeness (QED) is 0.740. The van der Waals surface area contributed by atoms with E-state index in [0.29, 0.717) is 6.42 Å². The van der Waals surface area contributed by atoms with Crippen LogP contribution >= 0.6 is 0 Å². The number of aromatic amines is 1. The number of nitrogens with one attached hydrogen (secondary N) is 2. The van der Waals surface area contributed by atoms with Gasteiger partial charge in [0, 0.05) is 17.8 Å². The number of hydrogen-bond donors (Lipinski definition) is 3. The Bertz CT molecular complexity index is 521. The molecule has 0 saturated heterocycles. The highest BCUT2D eigenvalue weighted by Crippen LogP contribution is 2.21. The highest BCUT2D eigenvalue weighted by Gasteiger charge is 2.08. The summed E-state index contributed by atoms with van der Waals surface area (Å²) in [5, 5.41) is 19.9. The number of carboxylic acid groups (broad SMARTS) is 1. The number of aliphatic carboxylic acids is 1. The Morgan fingerprint density at radius 1 is 1.59 bits per heavy atom. The average molecular weight is 233 g/mol. The number of hydrogen-bond acceptors (Lipinski definition) is 3. The van der Waals surface area contributed by atoms with E-state index in [4.69, 9.17) is 5.11 Å². The lowest BCUT2D eigenvalue weighted by atomic mass is 10.1. The smallest absolute Gasteiger partial charge is 0.303 e. The summed E-state index contributed by atoms with van der Waals surface area (Å²) in [4.78, 5) is 10.5. The highest BCUT2D eigenvalue weighted by molar-refractivity contribution is 5.89. The van der Waals surface area contributed by atoms with Crippen molar-refractivity contribution in [1.29, 1.82) is 0 Å². The zero-order valence-corrected chi connectivity index (χ0v) is 9.60. The molecule has 1 unspecified atom stereocenters.